The lowest BCUT2D eigenvalue weighted by molar-refractivity contribution is -0.274. The molecule has 10 heteroatoms. The minimum atomic E-state index is -4.75. The topological polar surface area (TPSA) is 88.2 Å². The first-order valence-corrected chi connectivity index (χ1v) is 9.71. The number of hydrogen-bond donors (Lipinski definition) is 1. The SMILES string of the molecule is Cc1nc(-c2ccncc2)[nH]c(=O)c1CCC(=O)N(C)Cc1ccc(OC(F)(F)F)cc1. The van der Waals surface area contributed by atoms with E-state index in [4.69, 9.17) is 0 Å². The van der Waals surface area contributed by atoms with Crippen molar-refractivity contribution < 1.29 is 22.7 Å². The molecule has 168 valence electrons. The highest BCUT2D eigenvalue weighted by atomic mass is 19.4. The number of amides is 1. The van der Waals surface area contributed by atoms with E-state index in [1.165, 1.54) is 29.2 Å². The van der Waals surface area contributed by atoms with E-state index in [0.717, 1.165) is 5.56 Å². The van der Waals surface area contributed by atoms with Gasteiger partial charge >= 0.3 is 6.36 Å². The van der Waals surface area contributed by atoms with Crippen molar-refractivity contribution in [2.45, 2.75) is 32.7 Å². The van der Waals surface area contributed by atoms with Gasteiger partial charge in [-0.2, -0.15) is 0 Å². The van der Waals surface area contributed by atoms with Crippen LogP contribution in [0.15, 0.2) is 53.6 Å². The average molecular weight is 446 g/mol. The maximum Gasteiger partial charge on any atom is 0.573 e. The number of halogens is 3. The molecule has 0 aliphatic heterocycles. The number of hydrogen-bond acceptors (Lipinski definition) is 5. The van der Waals surface area contributed by atoms with Crippen molar-refractivity contribution in [1.82, 2.24) is 19.9 Å². The highest BCUT2D eigenvalue weighted by Crippen LogP contribution is 2.23. The zero-order chi connectivity index (χ0) is 23.3. The number of alkyl halides is 3. The van der Waals surface area contributed by atoms with Crippen molar-refractivity contribution in [3.63, 3.8) is 0 Å². The number of H-pyrrole nitrogens is 1. The van der Waals surface area contributed by atoms with Gasteiger partial charge in [0.2, 0.25) is 5.91 Å². The van der Waals surface area contributed by atoms with Gasteiger partial charge in [0.15, 0.2) is 0 Å². The van der Waals surface area contributed by atoms with Gasteiger partial charge in [-0.05, 0) is 43.2 Å². The Bertz CT molecular complexity index is 1130. The molecule has 32 heavy (non-hydrogen) atoms. The van der Waals surface area contributed by atoms with Crippen LogP contribution < -0.4 is 10.3 Å². The van der Waals surface area contributed by atoms with E-state index >= 15 is 0 Å². The summed E-state index contributed by atoms with van der Waals surface area (Å²) in [6.07, 6.45) is -1.25. The molecule has 0 unspecified atom stereocenters. The standard InChI is InChI=1S/C22H21F3N4O3/c1-14-18(21(31)28-20(27-14)16-9-11-26-12-10-16)7-8-19(30)29(2)13-15-3-5-17(6-4-15)32-22(23,24)25/h3-6,9-12H,7-8,13H2,1-2H3,(H,27,28,31). The maximum atomic E-state index is 12.5. The first-order chi connectivity index (χ1) is 15.1. The van der Waals surface area contributed by atoms with Gasteiger partial charge in [-0.15, -0.1) is 13.2 Å². The molecule has 0 spiro atoms. The fraction of sp³-hybridized carbons (Fsp3) is 0.273. The van der Waals surface area contributed by atoms with Crippen LogP contribution in [0.4, 0.5) is 13.2 Å². The molecule has 0 saturated carbocycles. The van der Waals surface area contributed by atoms with Gasteiger partial charge in [-0.1, -0.05) is 12.1 Å². The third kappa shape index (κ3) is 6.16. The van der Waals surface area contributed by atoms with Crippen LogP contribution in [-0.2, 0) is 17.8 Å². The maximum absolute atomic E-state index is 12.5. The summed E-state index contributed by atoms with van der Waals surface area (Å²) in [5.41, 5.74) is 2.04. The van der Waals surface area contributed by atoms with Crippen molar-refractivity contribution in [1.29, 1.82) is 0 Å². The van der Waals surface area contributed by atoms with Crippen LogP contribution in [0, 0.1) is 6.92 Å². The Morgan fingerprint density at radius 3 is 2.38 bits per heavy atom. The van der Waals surface area contributed by atoms with Crippen molar-refractivity contribution >= 4 is 5.91 Å². The van der Waals surface area contributed by atoms with Gasteiger partial charge in [-0.25, -0.2) is 4.98 Å². The first kappa shape index (κ1) is 23.0. The van der Waals surface area contributed by atoms with E-state index in [1.54, 1.807) is 38.5 Å². The molecule has 3 rings (SSSR count). The number of benzene rings is 1. The molecule has 0 saturated heterocycles. The lowest BCUT2D eigenvalue weighted by Crippen LogP contribution is -2.27. The van der Waals surface area contributed by atoms with Gasteiger partial charge in [0.05, 0.1) is 0 Å². The van der Waals surface area contributed by atoms with Crippen LogP contribution in [0.3, 0.4) is 0 Å². The molecule has 0 aliphatic rings. The number of carbonyl (C=O) groups is 1. The van der Waals surface area contributed by atoms with E-state index in [2.05, 4.69) is 19.7 Å². The van der Waals surface area contributed by atoms with Crippen molar-refractivity contribution in [3.05, 3.63) is 76.0 Å². The van der Waals surface area contributed by atoms with Crippen molar-refractivity contribution in [2.24, 2.45) is 0 Å². The molecule has 0 atom stereocenters. The Balaban J connectivity index is 1.60. The van der Waals surface area contributed by atoms with Crippen LogP contribution in [0.1, 0.15) is 23.2 Å². The van der Waals surface area contributed by atoms with Crippen molar-refractivity contribution in [2.75, 3.05) is 7.05 Å². The van der Waals surface area contributed by atoms with Gasteiger partial charge in [0.25, 0.3) is 5.56 Å². The predicted molar refractivity (Wildman–Crippen MR) is 111 cm³/mol. The molecular weight excluding hydrogens is 425 g/mol. The minimum Gasteiger partial charge on any atom is -0.406 e. The molecule has 0 radical (unpaired) electrons. The molecule has 2 aromatic heterocycles. The van der Waals surface area contributed by atoms with Crippen LogP contribution >= 0.6 is 0 Å². The zero-order valence-electron chi connectivity index (χ0n) is 17.4. The number of aromatic amines is 1. The van der Waals surface area contributed by atoms with Crippen molar-refractivity contribution in [3.8, 4) is 17.1 Å². The average Bonchev–Trinajstić information content (AvgIpc) is 2.73. The quantitative estimate of drug-likeness (QED) is 0.599. The number of nitrogens with one attached hydrogen (secondary N) is 1. The molecule has 3 aromatic rings. The first-order valence-electron chi connectivity index (χ1n) is 9.71. The second-order valence-electron chi connectivity index (χ2n) is 7.16. The Hall–Kier alpha value is -3.69. The Morgan fingerprint density at radius 2 is 1.78 bits per heavy atom. The summed E-state index contributed by atoms with van der Waals surface area (Å²) >= 11 is 0. The lowest BCUT2D eigenvalue weighted by atomic mass is 10.1. The van der Waals surface area contributed by atoms with Gasteiger partial charge in [-0.3, -0.25) is 14.6 Å². The minimum absolute atomic E-state index is 0.0893. The Labute approximate surface area is 181 Å². The molecule has 0 bridgehead atoms. The Kier molecular flexibility index (Phi) is 6.92. The predicted octanol–water partition coefficient (Wildman–Crippen LogP) is 3.63. The lowest BCUT2D eigenvalue weighted by Gasteiger charge is -2.18. The summed E-state index contributed by atoms with van der Waals surface area (Å²) in [7, 11) is 1.59. The van der Waals surface area contributed by atoms with E-state index in [-0.39, 0.29) is 36.6 Å². The molecule has 0 fully saturated rings. The molecule has 7 nitrogen and oxygen atoms in total. The fourth-order valence-corrected chi connectivity index (χ4v) is 3.13. The highest BCUT2D eigenvalue weighted by Gasteiger charge is 2.31. The molecular formula is C22H21F3N4O3. The summed E-state index contributed by atoms with van der Waals surface area (Å²) in [6.45, 7) is 1.92. The summed E-state index contributed by atoms with van der Waals surface area (Å²) in [5.74, 6) is -0.106. The molecule has 0 aliphatic carbocycles. The second kappa shape index (κ2) is 9.63. The summed E-state index contributed by atoms with van der Waals surface area (Å²) in [6, 6.07) is 8.78. The summed E-state index contributed by atoms with van der Waals surface area (Å²) < 4.78 is 40.6. The van der Waals surface area contributed by atoms with Gasteiger partial charge in [0.1, 0.15) is 11.6 Å². The number of aryl methyl sites for hydroxylation is 1. The van der Waals surface area contributed by atoms with E-state index in [1.807, 2.05) is 0 Å². The van der Waals surface area contributed by atoms with Gasteiger partial charge in [0, 0.05) is 49.2 Å². The van der Waals surface area contributed by atoms with E-state index in [9.17, 15) is 22.8 Å². The monoisotopic (exact) mass is 446 g/mol. The van der Waals surface area contributed by atoms with Crippen LogP contribution in [0.2, 0.25) is 0 Å². The number of carbonyl (C=O) groups excluding carboxylic acids is 1. The molecule has 1 amide bonds. The number of ether oxygens (including phenoxy) is 1. The van der Waals surface area contributed by atoms with E-state index < -0.39 is 6.36 Å². The zero-order valence-corrected chi connectivity index (χ0v) is 17.4. The number of pyridine rings is 1. The van der Waals surface area contributed by atoms with E-state index in [0.29, 0.717) is 22.6 Å². The summed E-state index contributed by atoms with van der Waals surface area (Å²) in [4.78, 5) is 37.6. The smallest absolute Gasteiger partial charge is 0.406 e. The fourth-order valence-electron chi connectivity index (χ4n) is 3.13. The number of aromatic nitrogens is 3. The molecule has 1 aromatic carbocycles. The van der Waals surface area contributed by atoms with Crippen LogP contribution in [0.25, 0.3) is 11.4 Å². The highest BCUT2D eigenvalue weighted by molar-refractivity contribution is 5.76. The van der Waals surface area contributed by atoms with Gasteiger partial charge < -0.3 is 14.6 Å². The number of nitrogens with zero attached hydrogens (tertiary/aromatic N) is 3. The van der Waals surface area contributed by atoms with Crippen LogP contribution in [-0.4, -0.2) is 39.2 Å². The normalized spacial score (nSPS) is 11.3. The summed E-state index contributed by atoms with van der Waals surface area (Å²) in [5, 5.41) is 0. The third-order valence-electron chi connectivity index (χ3n) is 4.77. The largest absolute Gasteiger partial charge is 0.573 e. The molecule has 1 N–H and O–H groups in total. The van der Waals surface area contributed by atoms with Crippen LogP contribution in [0.5, 0.6) is 5.75 Å². The molecule has 2 heterocycles. The third-order valence-corrected chi connectivity index (χ3v) is 4.77. The second-order valence-corrected chi connectivity index (χ2v) is 7.16. The Morgan fingerprint density at radius 1 is 1.12 bits per heavy atom. The number of rotatable bonds is 7.